The van der Waals surface area contributed by atoms with E-state index in [1.807, 2.05) is 31.2 Å². The number of hydrogen-bond donors (Lipinski definition) is 2. The summed E-state index contributed by atoms with van der Waals surface area (Å²) >= 11 is 0. The van der Waals surface area contributed by atoms with Crippen molar-refractivity contribution in [3.05, 3.63) is 70.7 Å². The summed E-state index contributed by atoms with van der Waals surface area (Å²) in [4.78, 5) is 3.54. The largest absolute Gasteiger partial charge is 0.496 e. The lowest BCUT2D eigenvalue weighted by molar-refractivity contribution is 0.235. The number of aromatic amines is 1. The van der Waals surface area contributed by atoms with Crippen molar-refractivity contribution in [2.75, 3.05) is 0 Å². The van der Waals surface area contributed by atoms with E-state index in [2.05, 4.69) is 29.3 Å². The summed E-state index contributed by atoms with van der Waals surface area (Å²) in [7, 11) is 0. The van der Waals surface area contributed by atoms with Gasteiger partial charge in [-0.1, -0.05) is 42.0 Å². The molecule has 1 aliphatic heterocycles. The maximum Gasteiger partial charge on any atom is 0.115 e. The van der Waals surface area contributed by atoms with Crippen LogP contribution in [0.2, 0.25) is 0 Å². The lowest BCUT2D eigenvalue weighted by Crippen LogP contribution is -1.99. The minimum Gasteiger partial charge on any atom is -0.496 e. The maximum atomic E-state index is 10.0. The number of fused-ring (bicyclic) bond motifs is 5. The topological polar surface area (TPSA) is 45.2 Å². The molecule has 2 heterocycles. The van der Waals surface area contributed by atoms with Crippen LogP contribution in [-0.2, 0) is 17.8 Å². The van der Waals surface area contributed by atoms with Crippen LogP contribution in [0.3, 0.4) is 0 Å². The van der Waals surface area contributed by atoms with Crippen molar-refractivity contribution in [1.29, 1.82) is 0 Å². The Morgan fingerprint density at radius 3 is 3.00 bits per heavy atom. The molecule has 1 unspecified atom stereocenters. The molecule has 0 saturated heterocycles. The smallest absolute Gasteiger partial charge is 0.115 e. The van der Waals surface area contributed by atoms with Crippen LogP contribution in [0.15, 0.2) is 48.3 Å². The molecule has 116 valence electrons. The summed E-state index contributed by atoms with van der Waals surface area (Å²) in [5, 5.41) is 11.3. The van der Waals surface area contributed by atoms with E-state index in [1.165, 1.54) is 16.5 Å². The molecule has 1 aromatic carbocycles. The van der Waals surface area contributed by atoms with Crippen LogP contribution in [0.4, 0.5) is 0 Å². The van der Waals surface area contributed by atoms with Crippen LogP contribution in [0.1, 0.15) is 29.3 Å². The molecular formula is C20H19NO2. The van der Waals surface area contributed by atoms with E-state index in [9.17, 15) is 5.11 Å². The van der Waals surface area contributed by atoms with Gasteiger partial charge in [-0.2, -0.15) is 0 Å². The molecule has 2 N–H and O–H groups in total. The Kier molecular flexibility index (Phi) is 3.43. The molecule has 1 aliphatic carbocycles. The second-order valence-electron chi connectivity index (χ2n) is 6.05. The fraction of sp³-hybridized carbons (Fsp3) is 0.200. The van der Waals surface area contributed by atoms with Crippen molar-refractivity contribution in [2.45, 2.75) is 26.1 Å². The van der Waals surface area contributed by atoms with Gasteiger partial charge in [-0.05, 0) is 36.6 Å². The van der Waals surface area contributed by atoms with Gasteiger partial charge in [-0.3, -0.25) is 0 Å². The van der Waals surface area contributed by atoms with Crippen molar-refractivity contribution in [3.63, 3.8) is 0 Å². The lowest BCUT2D eigenvalue weighted by atomic mass is 9.97. The quantitative estimate of drug-likeness (QED) is 0.769. The standard InChI is InChI=1S/C20H19NO2/c1-13-3-2-4-16-14(5-7-15(22)11-13)6-8-17-18-12-23-10-9-19(18)21-20(16)17/h2-3,5-11,15,21-22H,4,12H2,1H3. The number of rotatable bonds is 0. The van der Waals surface area contributed by atoms with Gasteiger partial charge in [0.2, 0.25) is 0 Å². The van der Waals surface area contributed by atoms with Crippen molar-refractivity contribution in [1.82, 2.24) is 4.98 Å². The van der Waals surface area contributed by atoms with E-state index in [-0.39, 0.29) is 0 Å². The molecule has 0 fully saturated rings. The Bertz CT molecular complexity index is 881. The van der Waals surface area contributed by atoms with Crippen molar-refractivity contribution >= 4 is 23.1 Å². The first-order valence-electron chi connectivity index (χ1n) is 7.88. The zero-order valence-electron chi connectivity index (χ0n) is 13.0. The number of ether oxygens (including phenoxy) is 1. The van der Waals surface area contributed by atoms with Gasteiger partial charge in [0.15, 0.2) is 0 Å². The van der Waals surface area contributed by atoms with E-state index in [4.69, 9.17) is 4.74 Å². The fourth-order valence-corrected chi connectivity index (χ4v) is 3.28. The molecule has 23 heavy (non-hydrogen) atoms. The molecule has 0 bridgehead atoms. The van der Waals surface area contributed by atoms with Crippen LogP contribution in [0.5, 0.6) is 0 Å². The fourth-order valence-electron chi connectivity index (χ4n) is 3.28. The number of allylic oxidation sites excluding steroid dienone is 3. The molecule has 4 rings (SSSR count). The van der Waals surface area contributed by atoms with Crippen LogP contribution in [-0.4, -0.2) is 16.2 Å². The van der Waals surface area contributed by atoms with Crippen molar-refractivity contribution < 1.29 is 9.84 Å². The first-order chi connectivity index (χ1) is 11.2. The second-order valence-corrected chi connectivity index (χ2v) is 6.05. The Morgan fingerprint density at radius 2 is 2.09 bits per heavy atom. The summed E-state index contributed by atoms with van der Waals surface area (Å²) < 4.78 is 5.45. The summed E-state index contributed by atoms with van der Waals surface area (Å²) in [6, 6.07) is 4.26. The Labute approximate surface area is 135 Å². The third-order valence-corrected chi connectivity index (χ3v) is 4.43. The minimum absolute atomic E-state index is 0.561. The van der Waals surface area contributed by atoms with Crippen molar-refractivity contribution in [2.24, 2.45) is 0 Å². The molecule has 2 aromatic rings. The van der Waals surface area contributed by atoms with Gasteiger partial charge in [0.25, 0.3) is 0 Å². The summed E-state index contributed by atoms with van der Waals surface area (Å²) in [5.74, 6) is 0. The molecule has 1 atom stereocenters. The molecule has 0 spiro atoms. The molecule has 0 amide bonds. The number of nitrogens with one attached hydrogen (secondary N) is 1. The molecule has 0 radical (unpaired) electrons. The van der Waals surface area contributed by atoms with Crippen LogP contribution >= 0.6 is 0 Å². The monoisotopic (exact) mass is 305 g/mol. The number of H-pyrrole nitrogens is 1. The van der Waals surface area contributed by atoms with Gasteiger partial charge in [0.1, 0.15) is 6.61 Å². The number of aliphatic hydroxyl groups excluding tert-OH is 1. The van der Waals surface area contributed by atoms with Crippen LogP contribution in [0, 0.1) is 0 Å². The number of hydrogen-bond acceptors (Lipinski definition) is 2. The van der Waals surface area contributed by atoms with E-state index < -0.39 is 6.10 Å². The molecule has 1 aromatic heterocycles. The number of aromatic nitrogens is 1. The Morgan fingerprint density at radius 1 is 1.17 bits per heavy atom. The predicted octanol–water partition coefficient (Wildman–Crippen LogP) is 4.10. The zero-order chi connectivity index (χ0) is 15.8. The molecular weight excluding hydrogens is 286 g/mol. The first kappa shape index (κ1) is 14.1. The van der Waals surface area contributed by atoms with Gasteiger partial charge >= 0.3 is 0 Å². The molecule has 3 nitrogen and oxygen atoms in total. The van der Waals surface area contributed by atoms with Crippen molar-refractivity contribution in [3.8, 4) is 0 Å². The van der Waals surface area contributed by atoms with E-state index in [0.717, 1.165) is 28.8 Å². The SMILES string of the molecule is CC1=CC(O)C=Cc2ccc3c4c([nH]c3c2CC=C1)C=COC4. The average Bonchev–Trinajstić information content (AvgIpc) is 2.92. The predicted molar refractivity (Wildman–Crippen MR) is 93.8 cm³/mol. The van der Waals surface area contributed by atoms with Crippen LogP contribution < -0.4 is 0 Å². The highest BCUT2D eigenvalue weighted by molar-refractivity contribution is 5.92. The molecule has 0 saturated carbocycles. The number of aliphatic hydroxyl groups is 1. The van der Waals surface area contributed by atoms with Gasteiger partial charge in [0, 0.05) is 16.6 Å². The third-order valence-electron chi connectivity index (χ3n) is 4.43. The highest BCUT2D eigenvalue weighted by Gasteiger charge is 2.16. The highest BCUT2D eigenvalue weighted by Crippen LogP contribution is 2.32. The Hall–Kier alpha value is -2.52. The lowest BCUT2D eigenvalue weighted by Gasteiger charge is -2.10. The molecule has 3 heteroatoms. The van der Waals surface area contributed by atoms with E-state index in [1.54, 1.807) is 6.26 Å². The van der Waals surface area contributed by atoms with Gasteiger partial charge < -0.3 is 14.8 Å². The summed E-state index contributed by atoms with van der Waals surface area (Å²) in [5.41, 5.74) is 6.96. The zero-order valence-corrected chi connectivity index (χ0v) is 13.0. The summed E-state index contributed by atoms with van der Waals surface area (Å²) in [6.07, 6.45) is 13.9. The average molecular weight is 305 g/mol. The number of benzene rings is 1. The van der Waals surface area contributed by atoms with Crippen LogP contribution in [0.25, 0.3) is 23.1 Å². The van der Waals surface area contributed by atoms with E-state index in [0.29, 0.717) is 6.61 Å². The van der Waals surface area contributed by atoms with Gasteiger partial charge in [-0.25, -0.2) is 0 Å². The van der Waals surface area contributed by atoms with Gasteiger partial charge in [-0.15, -0.1) is 0 Å². The second kappa shape index (κ2) is 5.60. The first-order valence-corrected chi connectivity index (χ1v) is 7.88. The van der Waals surface area contributed by atoms with E-state index >= 15 is 0 Å². The highest BCUT2D eigenvalue weighted by atomic mass is 16.5. The Balaban J connectivity index is 1.91. The third kappa shape index (κ3) is 2.53. The summed E-state index contributed by atoms with van der Waals surface area (Å²) in [6.45, 7) is 2.61. The van der Waals surface area contributed by atoms with Gasteiger partial charge in [0.05, 0.1) is 17.9 Å². The maximum absolute atomic E-state index is 10.0. The normalized spacial score (nSPS) is 19.9. The minimum atomic E-state index is -0.561. The molecule has 2 aliphatic rings.